The molecule has 1 aromatic carbocycles. The maximum atomic E-state index is 13.7. The van der Waals surface area contributed by atoms with Gasteiger partial charge in [0.1, 0.15) is 11.6 Å². The number of hydrogen-bond donors (Lipinski definition) is 2. The summed E-state index contributed by atoms with van der Waals surface area (Å²) in [5, 5.41) is 2.41. The number of anilines is 1. The van der Waals surface area contributed by atoms with E-state index in [1.165, 1.54) is 0 Å². The van der Waals surface area contributed by atoms with E-state index in [1.54, 1.807) is 31.4 Å². The highest BCUT2D eigenvalue weighted by Crippen LogP contribution is 2.16. The highest BCUT2D eigenvalue weighted by molar-refractivity contribution is 6.00. The van der Waals surface area contributed by atoms with Crippen LogP contribution in [0.4, 0.5) is 14.5 Å². The Balaban J connectivity index is 2.78. The third-order valence-electron chi connectivity index (χ3n) is 3.31. The van der Waals surface area contributed by atoms with E-state index < -0.39 is 17.5 Å². The molecule has 0 bridgehead atoms. The quantitative estimate of drug-likeness (QED) is 0.340. The standard InChI is InChI=1S/C19H21F2N3O/c1-5-7-18(23-4)12(2)8-6-9-13(3)24-19(25)14-10-17(22)16(21)11-15(14)20/h5-6,8-11H,1,3,7,22H2,2,4H3,(H,24,25)/b9-6-,12-8+,23-18?. The van der Waals surface area contributed by atoms with Gasteiger partial charge in [-0.25, -0.2) is 8.78 Å². The van der Waals surface area contributed by atoms with E-state index in [-0.39, 0.29) is 16.9 Å². The number of nitrogen functional groups attached to an aromatic ring is 1. The molecular weight excluding hydrogens is 324 g/mol. The van der Waals surface area contributed by atoms with E-state index in [1.807, 2.05) is 6.92 Å². The average molecular weight is 345 g/mol. The second-order valence-corrected chi connectivity index (χ2v) is 5.20. The van der Waals surface area contributed by atoms with Crippen molar-refractivity contribution in [3.05, 3.63) is 78.1 Å². The topological polar surface area (TPSA) is 67.5 Å². The van der Waals surface area contributed by atoms with Gasteiger partial charge in [0, 0.05) is 30.9 Å². The Morgan fingerprint density at radius 2 is 2.04 bits per heavy atom. The number of hydrogen-bond acceptors (Lipinski definition) is 3. The predicted molar refractivity (Wildman–Crippen MR) is 98.4 cm³/mol. The number of carbonyl (C=O) groups is 1. The van der Waals surface area contributed by atoms with Crippen molar-refractivity contribution in [3.63, 3.8) is 0 Å². The number of nitrogens with one attached hydrogen (secondary N) is 1. The lowest BCUT2D eigenvalue weighted by molar-refractivity contribution is 0.0963. The van der Waals surface area contributed by atoms with Crippen molar-refractivity contribution in [2.45, 2.75) is 13.3 Å². The highest BCUT2D eigenvalue weighted by Gasteiger charge is 2.15. The Morgan fingerprint density at radius 1 is 1.36 bits per heavy atom. The van der Waals surface area contributed by atoms with Gasteiger partial charge in [-0.1, -0.05) is 24.8 Å². The van der Waals surface area contributed by atoms with Crippen LogP contribution in [-0.2, 0) is 0 Å². The van der Waals surface area contributed by atoms with Crippen LogP contribution in [0, 0.1) is 11.6 Å². The average Bonchev–Trinajstić information content (AvgIpc) is 2.55. The summed E-state index contributed by atoms with van der Waals surface area (Å²) in [6.07, 6.45) is 7.44. The molecule has 1 aromatic rings. The van der Waals surface area contributed by atoms with Crippen LogP contribution in [0.25, 0.3) is 0 Å². The van der Waals surface area contributed by atoms with Crippen LogP contribution in [-0.4, -0.2) is 18.7 Å². The number of benzene rings is 1. The number of rotatable bonds is 7. The van der Waals surface area contributed by atoms with Crippen LogP contribution < -0.4 is 11.1 Å². The fourth-order valence-electron chi connectivity index (χ4n) is 1.96. The fourth-order valence-corrected chi connectivity index (χ4v) is 1.96. The van der Waals surface area contributed by atoms with E-state index in [0.717, 1.165) is 17.4 Å². The molecule has 4 nitrogen and oxygen atoms in total. The molecule has 0 saturated heterocycles. The first-order valence-corrected chi connectivity index (χ1v) is 7.46. The van der Waals surface area contributed by atoms with Gasteiger partial charge in [0.25, 0.3) is 5.91 Å². The van der Waals surface area contributed by atoms with Crippen LogP contribution in [0.5, 0.6) is 0 Å². The molecule has 3 N–H and O–H groups in total. The minimum absolute atomic E-state index is 0.245. The molecule has 0 heterocycles. The number of nitrogens with zero attached hydrogens (tertiary/aromatic N) is 1. The van der Waals surface area contributed by atoms with Crippen molar-refractivity contribution in [1.82, 2.24) is 5.32 Å². The van der Waals surface area contributed by atoms with Gasteiger partial charge < -0.3 is 11.1 Å². The first-order valence-electron chi connectivity index (χ1n) is 7.46. The van der Waals surface area contributed by atoms with Crippen LogP contribution >= 0.6 is 0 Å². The minimum Gasteiger partial charge on any atom is -0.396 e. The third-order valence-corrected chi connectivity index (χ3v) is 3.31. The van der Waals surface area contributed by atoms with Gasteiger partial charge in [0.05, 0.1) is 11.3 Å². The summed E-state index contributed by atoms with van der Waals surface area (Å²) in [6, 6.07) is 1.51. The van der Waals surface area contributed by atoms with Crippen molar-refractivity contribution >= 4 is 17.3 Å². The summed E-state index contributed by atoms with van der Waals surface area (Å²) in [5.41, 5.74) is 6.77. The van der Waals surface area contributed by atoms with Gasteiger partial charge in [0.2, 0.25) is 0 Å². The van der Waals surface area contributed by atoms with Crippen molar-refractivity contribution in [3.8, 4) is 0 Å². The first-order chi connectivity index (χ1) is 11.8. The minimum atomic E-state index is -0.995. The maximum absolute atomic E-state index is 13.7. The van der Waals surface area contributed by atoms with Crippen LogP contribution in [0.1, 0.15) is 23.7 Å². The number of halogens is 2. The Bertz CT molecular complexity index is 777. The molecular formula is C19H21F2N3O. The zero-order valence-corrected chi connectivity index (χ0v) is 14.3. The van der Waals surface area contributed by atoms with Crippen LogP contribution in [0.3, 0.4) is 0 Å². The second-order valence-electron chi connectivity index (χ2n) is 5.20. The van der Waals surface area contributed by atoms with Crippen LogP contribution in [0.15, 0.2) is 65.9 Å². The molecule has 0 fully saturated rings. The number of nitrogens with two attached hydrogens (primary N) is 1. The third kappa shape index (κ3) is 5.84. The monoisotopic (exact) mass is 345 g/mol. The van der Waals surface area contributed by atoms with Crippen molar-refractivity contribution < 1.29 is 13.6 Å². The van der Waals surface area contributed by atoms with Crippen molar-refractivity contribution in [2.24, 2.45) is 4.99 Å². The molecule has 6 heteroatoms. The molecule has 1 amide bonds. The van der Waals surface area contributed by atoms with Gasteiger partial charge >= 0.3 is 0 Å². The zero-order valence-electron chi connectivity index (χ0n) is 14.3. The normalized spacial score (nSPS) is 12.3. The van der Waals surface area contributed by atoms with Gasteiger partial charge in [-0.3, -0.25) is 9.79 Å². The number of allylic oxidation sites excluding steroid dienone is 5. The molecule has 0 aliphatic carbocycles. The molecule has 0 spiro atoms. The van der Waals surface area contributed by atoms with E-state index >= 15 is 0 Å². The smallest absolute Gasteiger partial charge is 0.258 e. The predicted octanol–water partition coefficient (Wildman–Crippen LogP) is 3.94. The van der Waals surface area contributed by atoms with Crippen molar-refractivity contribution in [2.75, 3.05) is 12.8 Å². The molecule has 25 heavy (non-hydrogen) atoms. The highest BCUT2D eigenvalue weighted by atomic mass is 19.1. The van der Waals surface area contributed by atoms with E-state index in [9.17, 15) is 13.6 Å². The van der Waals surface area contributed by atoms with Crippen molar-refractivity contribution in [1.29, 1.82) is 0 Å². The van der Waals surface area contributed by atoms with E-state index in [2.05, 4.69) is 23.5 Å². The number of aliphatic imine (C=N–C) groups is 1. The summed E-state index contributed by atoms with van der Waals surface area (Å²) in [6.45, 7) is 9.23. The molecule has 0 atom stereocenters. The van der Waals surface area contributed by atoms with E-state index in [4.69, 9.17) is 5.73 Å². The summed E-state index contributed by atoms with van der Waals surface area (Å²) >= 11 is 0. The van der Waals surface area contributed by atoms with Crippen LogP contribution in [0.2, 0.25) is 0 Å². The van der Waals surface area contributed by atoms with Gasteiger partial charge in [0.15, 0.2) is 0 Å². The second kappa shape index (κ2) is 9.32. The lowest BCUT2D eigenvalue weighted by atomic mass is 10.1. The van der Waals surface area contributed by atoms with Gasteiger partial charge in [-0.15, -0.1) is 6.58 Å². The Hall–Kier alpha value is -3.02. The summed E-state index contributed by atoms with van der Waals surface area (Å²) in [4.78, 5) is 16.2. The van der Waals surface area contributed by atoms with Gasteiger partial charge in [-0.2, -0.15) is 0 Å². The zero-order chi connectivity index (χ0) is 19.0. The lowest BCUT2D eigenvalue weighted by Crippen LogP contribution is -2.22. The van der Waals surface area contributed by atoms with Gasteiger partial charge in [-0.05, 0) is 24.6 Å². The Labute approximate surface area is 146 Å². The summed E-state index contributed by atoms with van der Waals surface area (Å²) < 4.78 is 26.8. The Morgan fingerprint density at radius 3 is 2.64 bits per heavy atom. The number of amides is 1. The molecule has 0 aliphatic rings. The lowest BCUT2D eigenvalue weighted by Gasteiger charge is -2.07. The molecule has 0 aliphatic heterocycles. The summed E-state index contributed by atoms with van der Waals surface area (Å²) in [7, 11) is 1.70. The maximum Gasteiger partial charge on any atom is 0.258 e. The molecule has 0 unspecified atom stereocenters. The Kier molecular flexibility index (Phi) is 7.46. The molecule has 0 saturated carbocycles. The molecule has 0 radical (unpaired) electrons. The number of carbonyl (C=O) groups excluding carboxylic acids is 1. The van der Waals surface area contributed by atoms with E-state index in [0.29, 0.717) is 12.5 Å². The fraction of sp³-hybridized carbons (Fsp3) is 0.158. The first kappa shape index (κ1) is 20.0. The summed E-state index contributed by atoms with van der Waals surface area (Å²) in [5.74, 6) is -2.67. The SMILES string of the molecule is C=CCC(=NC)/C(C)=C/C=C\C(=C)NC(=O)c1cc(N)c(F)cc1F. The molecule has 0 aromatic heterocycles. The molecule has 132 valence electrons. The largest absolute Gasteiger partial charge is 0.396 e. The molecule has 1 rings (SSSR count).